The van der Waals surface area contributed by atoms with Crippen LogP contribution in [0.4, 0.5) is 0 Å². The Morgan fingerprint density at radius 1 is 1.44 bits per heavy atom. The fourth-order valence-corrected chi connectivity index (χ4v) is 2.51. The van der Waals surface area contributed by atoms with Crippen molar-refractivity contribution in [3.8, 4) is 5.75 Å². The lowest BCUT2D eigenvalue weighted by Gasteiger charge is -2.06. The molecule has 2 rings (SSSR count). The molecule has 0 amide bonds. The summed E-state index contributed by atoms with van der Waals surface area (Å²) in [6.45, 7) is 0.501. The maximum absolute atomic E-state index is 5.81. The smallest absolute Gasteiger partial charge is 0.140 e. The van der Waals surface area contributed by atoms with Crippen LogP contribution >= 0.6 is 38.9 Å². The van der Waals surface area contributed by atoms with E-state index in [0.29, 0.717) is 12.5 Å². The molecule has 2 aromatic rings. The summed E-state index contributed by atoms with van der Waals surface area (Å²) in [7, 11) is 0. The van der Waals surface area contributed by atoms with Gasteiger partial charge < -0.3 is 4.74 Å². The van der Waals surface area contributed by atoms with Crippen LogP contribution in [0.15, 0.2) is 34.2 Å². The molecule has 1 aromatic heterocycles. The predicted molar refractivity (Wildman–Crippen MR) is 70.1 cm³/mol. The van der Waals surface area contributed by atoms with E-state index in [1.54, 1.807) is 17.5 Å². The zero-order valence-corrected chi connectivity index (χ0v) is 11.5. The molecule has 0 radical (unpaired) electrons. The first-order chi connectivity index (χ1) is 7.79. The van der Waals surface area contributed by atoms with E-state index in [1.807, 2.05) is 23.6 Å². The van der Waals surface area contributed by atoms with E-state index in [0.717, 1.165) is 20.8 Å². The van der Waals surface area contributed by atoms with Crippen LogP contribution in [0, 0.1) is 0 Å². The summed E-state index contributed by atoms with van der Waals surface area (Å²) in [5.74, 6) is 1.28. The Labute approximate surface area is 111 Å². The lowest BCUT2D eigenvalue weighted by atomic mass is 10.2. The van der Waals surface area contributed by atoms with E-state index in [1.165, 1.54) is 0 Å². The van der Waals surface area contributed by atoms with Gasteiger partial charge in [0.25, 0.3) is 0 Å². The summed E-state index contributed by atoms with van der Waals surface area (Å²) in [5.41, 5.74) is 1.03. The topological polar surface area (TPSA) is 22.1 Å². The quantitative estimate of drug-likeness (QED) is 0.787. The molecule has 0 bridgehead atoms. The van der Waals surface area contributed by atoms with Crippen molar-refractivity contribution < 1.29 is 4.74 Å². The van der Waals surface area contributed by atoms with Crippen LogP contribution in [-0.2, 0) is 12.5 Å². The molecule has 0 fully saturated rings. The molecule has 0 aliphatic carbocycles. The van der Waals surface area contributed by atoms with E-state index < -0.39 is 0 Å². The number of thiazole rings is 1. The van der Waals surface area contributed by atoms with Gasteiger partial charge >= 0.3 is 0 Å². The molecule has 84 valence electrons. The van der Waals surface area contributed by atoms with Gasteiger partial charge in [0.15, 0.2) is 0 Å². The number of rotatable bonds is 4. The lowest BCUT2D eigenvalue weighted by molar-refractivity contribution is 0.305. The van der Waals surface area contributed by atoms with Crippen molar-refractivity contribution in [1.82, 2.24) is 4.98 Å². The minimum atomic E-state index is 0.467. The highest BCUT2D eigenvalue weighted by Gasteiger charge is 2.02. The molecule has 0 saturated carbocycles. The average Bonchev–Trinajstić information content (AvgIpc) is 2.81. The van der Waals surface area contributed by atoms with Gasteiger partial charge in [0.2, 0.25) is 0 Å². The molecular weight excluding hydrogens is 310 g/mol. The molecular formula is C11H9BrClNOS. The normalized spacial score (nSPS) is 10.4. The largest absolute Gasteiger partial charge is 0.486 e. The Balaban J connectivity index is 2.04. The van der Waals surface area contributed by atoms with Gasteiger partial charge in [-0.05, 0) is 23.8 Å². The molecule has 0 aliphatic heterocycles. The summed E-state index contributed by atoms with van der Waals surface area (Å²) in [6, 6.07) is 5.79. The summed E-state index contributed by atoms with van der Waals surface area (Å²) >= 11 is 10.8. The monoisotopic (exact) mass is 317 g/mol. The van der Waals surface area contributed by atoms with Gasteiger partial charge in [0.1, 0.15) is 17.4 Å². The van der Waals surface area contributed by atoms with Gasteiger partial charge in [-0.15, -0.1) is 22.9 Å². The average molecular weight is 319 g/mol. The number of hydrogen-bond acceptors (Lipinski definition) is 3. The fourth-order valence-electron chi connectivity index (χ4n) is 1.21. The van der Waals surface area contributed by atoms with E-state index >= 15 is 0 Å². The number of hydrogen-bond donors (Lipinski definition) is 0. The lowest BCUT2D eigenvalue weighted by Crippen LogP contribution is -1.95. The zero-order valence-electron chi connectivity index (χ0n) is 8.32. The molecule has 1 aromatic carbocycles. The zero-order chi connectivity index (χ0) is 11.4. The maximum Gasteiger partial charge on any atom is 0.140 e. The Morgan fingerprint density at radius 2 is 2.31 bits per heavy atom. The molecule has 0 saturated heterocycles. The van der Waals surface area contributed by atoms with Crippen LogP contribution in [0.3, 0.4) is 0 Å². The second-order valence-corrected chi connectivity index (χ2v) is 5.20. The molecule has 0 aliphatic rings. The van der Waals surface area contributed by atoms with Crippen molar-refractivity contribution in [1.29, 1.82) is 0 Å². The van der Waals surface area contributed by atoms with Crippen LogP contribution in [0.2, 0.25) is 0 Å². The number of halogens is 2. The highest BCUT2D eigenvalue weighted by Crippen LogP contribution is 2.24. The SMILES string of the molecule is ClCc1cc(OCc2nccs2)ccc1Br. The molecule has 1 heterocycles. The maximum atomic E-state index is 5.81. The standard InChI is InChI=1S/C11H9BrClNOS/c12-10-2-1-9(5-8(10)6-13)15-7-11-14-3-4-16-11/h1-5H,6-7H2. The molecule has 0 unspecified atom stereocenters. The third-order valence-electron chi connectivity index (χ3n) is 2.01. The molecule has 16 heavy (non-hydrogen) atoms. The van der Waals surface area contributed by atoms with Gasteiger partial charge in [-0.1, -0.05) is 15.9 Å². The molecule has 5 heteroatoms. The van der Waals surface area contributed by atoms with Gasteiger partial charge in [-0.2, -0.15) is 0 Å². The van der Waals surface area contributed by atoms with Crippen molar-refractivity contribution in [2.24, 2.45) is 0 Å². The number of nitrogens with zero attached hydrogens (tertiary/aromatic N) is 1. The fraction of sp³-hybridized carbons (Fsp3) is 0.182. The van der Waals surface area contributed by atoms with Crippen LogP contribution in [0.25, 0.3) is 0 Å². The Kier molecular flexibility index (Phi) is 4.21. The first-order valence-corrected chi connectivity index (χ1v) is 6.86. The molecule has 0 spiro atoms. The van der Waals surface area contributed by atoms with Crippen LogP contribution in [0.1, 0.15) is 10.6 Å². The Hall–Kier alpha value is -0.580. The van der Waals surface area contributed by atoms with Crippen molar-refractivity contribution in [3.63, 3.8) is 0 Å². The van der Waals surface area contributed by atoms with Crippen molar-refractivity contribution in [2.75, 3.05) is 0 Å². The minimum absolute atomic E-state index is 0.467. The third kappa shape index (κ3) is 2.97. The minimum Gasteiger partial charge on any atom is -0.486 e. The van der Waals surface area contributed by atoms with E-state index in [9.17, 15) is 0 Å². The van der Waals surface area contributed by atoms with E-state index in [4.69, 9.17) is 16.3 Å². The highest BCUT2D eigenvalue weighted by atomic mass is 79.9. The van der Waals surface area contributed by atoms with Crippen LogP contribution in [-0.4, -0.2) is 4.98 Å². The summed E-state index contributed by atoms with van der Waals surface area (Å²) < 4.78 is 6.62. The van der Waals surface area contributed by atoms with Gasteiger partial charge in [0.05, 0.1) is 0 Å². The van der Waals surface area contributed by atoms with Crippen LogP contribution in [0.5, 0.6) is 5.75 Å². The third-order valence-corrected chi connectivity index (χ3v) is 3.82. The molecule has 2 nitrogen and oxygen atoms in total. The summed E-state index contributed by atoms with van der Waals surface area (Å²) in [6.07, 6.45) is 1.77. The second-order valence-electron chi connectivity index (χ2n) is 3.10. The summed E-state index contributed by atoms with van der Waals surface area (Å²) in [4.78, 5) is 4.15. The van der Waals surface area contributed by atoms with Crippen LogP contribution < -0.4 is 4.74 Å². The first-order valence-electron chi connectivity index (χ1n) is 4.65. The second kappa shape index (κ2) is 5.66. The Bertz CT molecular complexity index is 461. The number of benzene rings is 1. The predicted octanol–water partition coefficient (Wildman–Crippen LogP) is 4.22. The van der Waals surface area contributed by atoms with Gasteiger partial charge in [-0.3, -0.25) is 0 Å². The van der Waals surface area contributed by atoms with Crippen molar-refractivity contribution >= 4 is 38.9 Å². The van der Waals surface area contributed by atoms with Crippen molar-refractivity contribution in [3.05, 3.63) is 44.8 Å². The number of alkyl halides is 1. The molecule has 0 N–H and O–H groups in total. The summed E-state index contributed by atoms with van der Waals surface area (Å²) in [5, 5.41) is 2.90. The number of aromatic nitrogens is 1. The molecule has 0 atom stereocenters. The first kappa shape index (κ1) is 11.9. The van der Waals surface area contributed by atoms with E-state index in [-0.39, 0.29) is 0 Å². The van der Waals surface area contributed by atoms with Gasteiger partial charge in [0, 0.05) is 21.9 Å². The van der Waals surface area contributed by atoms with E-state index in [2.05, 4.69) is 20.9 Å². The van der Waals surface area contributed by atoms with Gasteiger partial charge in [-0.25, -0.2) is 4.98 Å². The highest BCUT2D eigenvalue weighted by molar-refractivity contribution is 9.10. The van der Waals surface area contributed by atoms with Crippen molar-refractivity contribution in [2.45, 2.75) is 12.5 Å². The number of ether oxygens (including phenoxy) is 1. The Morgan fingerprint density at radius 3 is 3.00 bits per heavy atom.